The predicted molar refractivity (Wildman–Crippen MR) is 185 cm³/mol. The summed E-state index contributed by atoms with van der Waals surface area (Å²) in [7, 11) is 0. The fourth-order valence-electron chi connectivity index (χ4n) is 4.39. The number of nitrogens with two attached hydrogens (primary N) is 3. The molecule has 0 fully saturated rings. The van der Waals surface area contributed by atoms with Gasteiger partial charge in [-0.15, -0.1) is 0 Å². The van der Waals surface area contributed by atoms with Gasteiger partial charge < -0.3 is 69.7 Å². The van der Waals surface area contributed by atoms with Crippen molar-refractivity contribution in [2.75, 3.05) is 19.6 Å². The summed E-state index contributed by atoms with van der Waals surface area (Å²) in [5.74, 6) is -9.22. The van der Waals surface area contributed by atoms with Gasteiger partial charge in [-0.1, -0.05) is 0 Å². The lowest BCUT2D eigenvalue weighted by Crippen LogP contribution is -2.57. The summed E-state index contributed by atoms with van der Waals surface area (Å²) < 4.78 is 0. The van der Waals surface area contributed by atoms with Crippen molar-refractivity contribution in [3.63, 3.8) is 0 Å². The number of amides is 6. The summed E-state index contributed by atoms with van der Waals surface area (Å²) in [6.45, 7) is 2.32. The van der Waals surface area contributed by atoms with E-state index in [1.807, 2.05) is 0 Å². The molecule has 23 heteroatoms. The van der Waals surface area contributed by atoms with E-state index >= 15 is 0 Å². The first-order chi connectivity index (χ1) is 24.8. The number of aliphatic carboxylic acids is 3. The Morgan fingerprint density at radius 3 is 1.64 bits per heavy atom. The largest absolute Gasteiger partial charge is 0.481 e. The van der Waals surface area contributed by atoms with E-state index in [4.69, 9.17) is 32.8 Å². The van der Waals surface area contributed by atoms with Crippen LogP contribution >= 0.6 is 0 Å². The van der Waals surface area contributed by atoms with Gasteiger partial charge >= 0.3 is 17.9 Å². The van der Waals surface area contributed by atoms with E-state index in [9.17, 15) is 48.3 Å². The van der Waals surface area contributed by atoms with E-state index in [0.717, 1.165) is 0 Å². The Kier molecular flexibility index (Phi) is 22.7. The van der Waals surface area contributed by atoms with Crippen molar-refractivity contribution in [2.24, 2.45) is 17.2 Å². The smallest absolute Gasteiger partial charge is 0.326 e. The maximum Gasteiger partial charge on any atom is 0.326 e. The van der Waals surface area contributed by atoms with E-state index < -0.39 is 109 Å². The summed E-state index contributed by atoms with van der Waals surface area (Å²) >= 11 is 0. The second-order valence-electron chi connectivity index (χ2n) is 12.0. The number of rotatable bonds is 27. The molecule has 0 spiro atoms. The zero-order chi connectivity index (χ0) is 40.7. The molecule has 0 aliphatic heterocycles. The number of hydrogen-bond acceptors (Lipinski definition) is 12. The number of unbranched alkanes of at least 4 members (excludes halogenated alkanes) is 1. The molecule has 0 saturated carbocycles. The summed E-state index contributed by atoms with van der Waals surface area (Å²) in [5.41, 5.74) is 16.5. The number of carboxylic acid groups (broad SMARTS) is 3. The number of carbonyl (C=O) groups excluding carboxylic acids is 6. The maximum absolute atomic E-state index is 13.1. The number of carboxylic acids is 3. The first-order valence-electron chi connectivity index (χ1n) is 16.8. The summed E-state index contributed by atoms with van der Waals surface area (Å²) in [6.07, 6.45) is -0.366. The lowest BCUT2D eigenvalue weighted by molar-refractivity contribution is -0.143. The minimum atomic E-state index is -1.53. The van der Waals surface area contributed by atoms with Crippen molar-refractivity contribution < 1.29 is 58.5 Å². The highest BCUT2D eigenvalue weighted by atomic mass is 16.4. The molecule has 0 rings (SSSR count). The van der Waals surface area contributed by atoms with Crippen molar-refractivity contribution in [3.8, 4) is 0 Å². The van der Waals surface area contributed by atoms with Crippen LogP contribution in [0.4, 0.5) is 0 Å². The Labute approximate surface area is 305 Å². The third-order valence-electron chi connectivity index (χ3n) is 7.41. The number of guanidine groups is 1. The number of hydrogen-bond donors (Lipinski definition) is 14. The Bertz CT molecular complexity index is 1320. The molecule has 17 N–H and O–H groups in total. The van der Waals surface area contributed by atoms with Crippen LogP contribution in [-0.4, -0.2) is 131 Å². The van der Waals surface area contributed by atoms with Gasteiger partial charge in [-0.3, -0.25) is 43.8 Å². The monoisotopic (exact) mass is 759 g/mol. The van der Waals surface area contributed by atoms with E-state index in [0.29, 0.717) is 12.8 Å². The second kappa shape index (κ2) is 25.4. The topological polar surface area (TPSA) is 400 Å². The molecule has 0 bridgehead atoms. The molecule has 0 heterocycles. The minimum Gasteiger partial charge on any atom is -0.481 e. The molecule has 0 aliphatic rings. The van der Waals surface area contributed by atoms with Gasteiger partial charge in [0, 0.05) is 19.4 Å². The third-order valence-corrected chi connectivity index (χ3v) is 7.41. The fourth-order valence-corrected chi connectivity index (χ4v) is 4.39. The lowest BCUT2D eigenvalue weighted by Gasteiger charge is -2.23. The van der Waals surface area contributed by atoms with Crippen LogP contribution < -0.4 is 54.4 Å². The zero-order valence-corrected chi connectivity index (χ0v) is 29.7. The molecule has 53 heavy (non-hydrogen) atoms. The van der Waals surface area contributed by atoms with E-state index in [1.54, 1.807) is 0 Å². The van der Waals surface area contributed by atoms with Gasteiger partial charge in [0.15, 0.2) is 5.96 Å². The van der Waals surface area contributed by atoms with Gasteiger partial charge in [0.25, 0.3) is 0 Å². The van der Waals surface area contributed by atoms with Crippen molar-refractivity contribution in [1.82, 2.24) is 37.2 Å². The molecule has 0 aromatic rings. The molecular formula is C30H53N11O12. The summed E-state index contributed by atoms with van der Waals surface area (Å²) in [5, 5.41) is 50.8. The number of nitrogens with one attached hydrogen (secondary N) is 8. The molecule has 6 amide bonds. The average molecular weight is 760 g/mol. The molecule has 0 unspecified atom stereocenters. The Balaban J connectivity index is 5.54. The van der Waals surface area contributed by atoms with Crippen LogP contribution in [0.3, 0.4) is 0 Å². The summed E-state index contributed by atoms with van der Waals surface area (Å²) in [6, 6.07) is -7.71. The second-order valence-corrected chi connectivity index (χ2v) is 12.0. The molecule has 0 aliphatic carbocycles. The quantitative estimate of drug-likeness (QED) is 0.0212. The first-order valence-corrected chi connectivity index (χ1v) is 16.8. The molecule has 0 radical (unpaired) electrons. The first kappa shape index (κ1) is 47.4. The third kappa shape index (κ3) is 21.4. The van der Waals surface area contributed by atoms with E-state index in [2.05, 4.69) is 37.2 Å². The molecular weight excluding hydrogens is 706 g/mol. The molecule has 23 nitrogen and oxygen atoms in total. The van der Waals surface area contributed by atoms with Crippen LogP contribution in [0.1, 0.15) is 71.6 Å². The van der Waals surface area contributed by atoms with Gasteiger partial charge in [-0.05, 0) is 65.3 Å². The van der Waals surface area contributed by atoms with Gasteiger partial charge in [-0.2, -0.15) is 0 Å². The molecule has 0 saturated heterocycles. The zero-order valence-electron chi connectivity index (χ0n) is 29.7. The van der Waals surface area contributed by atoms with Crippen molar-refractivity contribution in [3.05, 3.63) is 0 Å². The highest BCUT2D eigenvalue weighted by Crippen LogP contribution is 2.04. The molecule has 6 atom stereocenters. The number of carbonyl (C=O) groups is 9. The SMILES string of the molecule is C[C@H](NC(=O)[C@H](CCCCN)NC(=O)CNC(=O)[C@H](CCCNC(=N)N)NC(=O)[C@H](C)NC(=O)[C@@H](N)CCC(=O)O)C(=O)N[C@@H](CCC(=O)O)C(=O)O. The van der Waals surface area contributed by atoms with E-state index in [1.165, 1.54) is 13.8 Å². The van der Waals surface area contributed by atoms with Gasteiger partial charge in [0.05, 0.1) is 12.6 Å². The standard InChI is InChI=1S/C30H53N11O12/c1-15(37-26(49)17(32)8-10-22(43)44)24(47)40-18(7-5-13-35-30(33)34)27(50)36-14-21(42)39-19(6-3-4-12-31)28(51)38-16(2)25(48)41-20(29(52)53)9-11-23(45)46/h15-20H,3-14,31-32H2,1-2H3,(H,36,50)(H,37,49)(H,38,51)(H,39,42)(H,40,47)(H,41,48)(H,43,44)(H,45,46)(H,52,53)(H4,33,34,35)/t15-,16-,17-,18-,19-,20-/m0/s1. The van der Waals surface area contributed by atoms with Crippen molar-refractivity contribution in [2.45, 2.75) is 108 Å². The van der Waals surface area contributed by atoms with Crippen molar-refractivity contribution in [1.29, 1.82) is 5.41 Å². The van der Waals surface area contributed by atoms with Crippen LogP contribution in [0.25, 0.3) is 0 Å². The van der Waals surface area contributed by atoms with Crippen LogP contribution in [0, 0.1) is 5.41 Å². The van der Waals surface area contributed by atoms with Crippen LogP contribution in [0.5, 0.6) is 0 Å². The summed E-state index contributed by atoms with van der Waals surface area (Å²) in [4.78, 5) is 110. The van der Waals surface area contributed by atoms with E-state index in [-0.39, 0.29) is 51.2 Å². The van der Waals surface area contributed by atoms with Gasteiger partial charge in [0.1, 0.15) is 30.2 Å². The Morgan fingerprint density at radius 2 is 1.11 bits per heavy atom. The maximum atomic E-state index is 13.1. The fraction of sp³-hybridized carbons (Fsp3) is 0.667. The lowest BCUT2D eigenvalue weighted by atomic mass is 10.1. The predicted octanol–water partition coefficient (Wildman–Crippen LogP) is -4.90. The van der Waals surface area contributed by atoms with Crippen molar-refractivity contribution >= 4 is 59.3 Å². The minimum absolute atomic E-state index is 0.0125. The normalized spacial score (nSPS) is 14.0. The van der Waals surface area contributed by atoms with Gasteiger partial charge in [-0.25, -0.2) is 4.79 Å². The van der Waals surface area contributed by atoms with Crippen LogP contribution in [-0.2, 0) is 43.2 Å². The molecule has 0 aromatic heterocycles. The molecule has 0 aromatic carbocycles. The van der Waals surface area contributed by atoms with Crippen LogP contribution in [0.2, 0.25) is 0 Å². The highest BCUT2D eigenvalue weighted by molar-refractivity contribution is 5.96. The average Bonchev–Trinajstić information content (AvgIpc) is 3.07. The Morgan fingerprint density at radius 1 is 0.604 bits per heavy atom. The van der Waals surface area contributed by atoms with Crippen LogP contribution in [0.15, 0.2) is 0 Å². The highest BCUT2D eigenvalue weighted by Gasteiger charge is 2.29. The Hall–Kier alpha value is -5.58. The molecule has 300 valence electrons. The van der Waals surface area contributed by atoms with Gasteiger partial charge in [0.2, 0.25) is 35.4 Å².